The largest absolute Gasteiger partial charge is 0.264 e. The van der Waals surface area contributed by atoms with E-state index in [-0.39, 0.29) is 10.8 Å². The number of hydrogen-bond acceptors (Lipinski definition) is 10. The molecule has 0 N–H and O–H groups in total. The Bertz CT molecular complexity index is 2910. The highest BCUT2D eigenvalue weighted by Crippen LogP contribution is 2.34. The summed E-state index contributed by atoms with van der Waals surface area (Å²) in [6, 6.07) is 48.1. The van der Waals surface area contributed by atoms with Gasteiger partial charge in [-0.2, -0.15) is 0 Å². The van der Waals surface area contributed by atoms with Crippen LogP contribution in [-0.4, -0.2) is 49.8 Å². The van der Waals surface area contributed by atoms with Crippen LogP contribution in [-0.2, 0) is 10.8 Å². The number of rotatable bonds is 8. The van der Waals surface area contributed by atoms with E-state index in [1.807, 2.05) is 140 Å². The smallest absolute Gasteiger partial charge is 0.164 e. The molecule has 0 atom stereocenters. The fraction of sp³-hybridized carbons (Fsp3) is 0.154. The van der Waals surface area contributed by atoms with Crippen molar-refractivity contribution in [2.24, 2.45) is 0 Å². The Morgan fingerprint density at radius 1 is 0.274 bits per heavy atom. The van der Waals surface area contributed by atoms with Gasteiger partial charge in [-0.25, -0.2) is 44.9 Å². The third-order valence-corrected chi connectivity index (χ3v) is 10.2. The third kappa shape index (κ3) is 8.62. The molecular formula is C52H44N10. The summed E-state index contributed by atoms with van der Waals surface area (Å²) < 4.78 is 0. The lowest BCUT2D eigenvalue weighted by atomic mass is 9.93. The first-order valence-corrected chi connectivity index (χ1v) is 20.6. The minimum Gasteiger partial charge on any atom is -0.264 e. The van der Waals surface area contributed by atoms with Crippen LogP contribution in [0.1, 0.15) is 53.2 Å². The monoisotopic (exact) mass is 808 g/mol. The first kappa shape index (κ1) is 39.7. The van der Waals surface area contributed by atoms with E-state index in [2.05, 4.69) is 58.7 Å². The molecule has 0 spiro atoms. The first-order valence-electron chi connectivity index (χ1n) is 20.6. The van der Waals surface area contributed by atoms with Crippen LogP contribution in [0, 0.1) is 0 Å². The van der Waals surface area contributed by atoms with Gasteiger partial charge < -0.3 is 0 Å². The Balaban J connectivity index is 1.20. The molecule has 0 unspecified atom stereocenters. The van der Waals surface area contributed by atoms with Gasteiger partial charge in [-0.05, 0) is 29.8 Å². The predicted octanol–water partition coefficient (Wildman–Crippen LogP) is 11.6. The summed E-state index contributed by atoms with van der Waals surface area (Å²) in [7, 11) is 0. The van der Waals surface area contributed by atoms with Crippen molar-refractivity contribution in [2.75, 3.05) is 0 Å². The second-order valence-electron chi connectivity index (χ2n) is 17.1. The second-order valence-corrected chi connectivity index (χ2v) is 17.1. The van der Waals surface area contributed by atoms with Crippen molar-refractivity contribution in [2.45, 2.75) is 52.4 Å². The van der Waals surface area contributed by atoms with Gasteiger partial charge in [0.25, 0.3) is 0 Å². The van der Waals surface area contributed by atoms with Crippen LogP contribution in [0.25, 0.3) is 90.8 Å². The summed E-state index contributed by atoms with van der Waals surface area (Å²) in [5.74, 6) is 5.35. The van der Waals surface area contributed by atoms with Gasteiger partial charge in [-0.1, -0.05) is 163 Å². The standard InChI is InChI=1S/C52H44N10/c1-51(2,3)49-60-46(61-50(62-49)52(4,5)6)37-26-24-36(25-27-37)45-55-44(35-21-14-9-15-22-35)58-48(59-45)41-30-39(38-23-16-28-53-32-38)29-40(31-41)47-56-42(33-17-10-7-11-18-33)54-43(57-47)34-19-12-8-13-20-34/h7-32H,1-6H3. The fourth-order valence-corrected chi connectivity index (χ4v) is 6.82. The van der Waals surface area contributed by atoms with E-state index < -0.39 is 0 Å². The Labute approximate surface area is 361 Å². The lowest BCUT2D eigenvalue weighted by Crippen LogP contribution is -2.24. The second kappa shape index (κ2) is 16.4. The van der Waals surface area contributed by atoms with Gasteiger partial charge in [0.15, 0.2) is 40.8 Å². The zero-order chi connectivity index (χ0) is 42.8. The van der Waals surface area contributed by atoms with Crippen LogP contribution in [0.5, 0.6) is 0 Å². The highest BCUT2D eigenvalue weighted by Gasteiger charge is 2.26. The summed E-state index contributed by atoms with van der Waals surface area (Å²) >= 11 is 0. The van der Waals surface area contributed by atoms with E-state index in [0.29, 0.717) is 40.8 Å². The topological polar surface area (TPSA) is 129 Å². The molecular weight excluding hydrogens is 765 g/mol. The average Bonchev–Trinajstić information content (AvgIpc) is 3.31. The average molecular weight is 809 g/mol. The van der Waals surface area contributed by atoms with Gasteiger partial charge in [-0.15, -0.1) is 0 Å². The maximum atomic E-state index is 5.16. The molecule has 62 heavy (non-hydrogen) atoms. The van der Waals surface area contributed by atoms with Gasteiger partial charge in [-0.3, -0.25) is 4.98 Å². The quantitative estimate of drug-likeness (QED) is 0.146. The van der Waals surface area contributed by atoms with E-state index in [9.17, 15) is 0 Å². The van der Waals surface area contributed by atoms with Gasteiger partial charge in [0.05, 0.1) is 0 Å². The summed E-state index contributed by atoms with van der Waals surface area (Å²) in [5.41, 5.74) is 7.19. The van der Waals surface area contributed by atoms with Gasteiger partial charge in [0.1, 0.15) is 11.6 Å². The minimum atomic E-state index is -0.251. The molecule has 0 saturated carbocycles. The summed E-state index contributed by atoms with van der Waals surface area (Å²) in [6.07, 6.45) is 3.61. The van der Waals surface area contributed by atoms with E-state index in [1.165, 1.54) is 0 Å². The van der Waals surface area contributed by atoms with E-state index >= 15 is 0 Å². The molecule has 5 aromatic carbocycles. The summed E-state index contributed by atoms with van der Waals surface area (Å²) in [6.45, 7) is 12.7. The molecule has 4 aromatic heterocycles. The van der Waals surface area contributed by atoms with Gasteiger partial charge in [0, 0.05) is 67.7 Å². The summed E-state index contributed by atoms with van der Waals surface area (Å²) in [4.78, 5) is 49.5. The highest BCUT2D eigenvalue weighted by molar-refractivity contribution is 5.79. The molecule has 0 saturated heterocycles. The molecule has 10 nitrogen and oxygen atoms in total. The lowest BCUT2D eigenvalue weighted by molar-refractivity contribution is 0.497. The number of benzene rings is 5. The molecule has 0 radical (unpaired) electrons. The molecule has 9 aromatic rings. The van der Waals surface area contributed by atoms with Crippen LogP contribution in [0.3, 0.4) is 0 Å². The number of pyridine rings is 1. The molecule has 0 amide bonds. The third-order valence-electron chi connectivity index (χ3n) is 10.2. The zero-order valence-corrected chi connectivity index (χ0v) is 35.5. The molecule has 4 heterocycles. The molecule has 0 bridgehead atoms. The number of hydrogen-bond donors (Lipinski definition) is 0. The molecule has 0 aliphatic carbocycles. The molecule has 0 aliphatic rings. The molecule has 0 aliphatic heterocycles. The van der Waals surface area contributed by atoms with Crippen molar-refractivity contribution in [3.05, 3.63) is 170 Å². The Morgan fingerprint density at radius 3 is 0.919 bits per heavy atom. The maximum absolute atomic E-state index is 5.16. The van der Waals surface area contributed by atoms with Crippen molar-refractivity contribution in [1.82, 2.24) is 49.8 Å². The maximum Gasteiger partial charge on any atom is 0.164 e. The highest BCUT2D eigenvalue weighted by atomic mass is 15.1. The summed E-state index contributed by atoms with van der Waals surface area (Å²) in [5, 5.41) is 0. The zero-order valence-electron chi connectivity index (χ0n) is 35.5. The minimum absolute atomic E-state index is 0.251. The molecule has 10 heteroatoms. The van der Waals surface area contributed by atoms with Crippen LogP contribution >= 0.6 is 0 Å². The first-order chi connectivity index (χ1) is 29.9. The van der Waals surface area contributed by atoms with E-state index in [1.54, 1.807) is 6.20 Å². The van der Waals surface area contributed by atoms with Crippen molar-refractivity contribution in [3.8, 4) is 90.8 Å². The van der Waals surface area contributed by atoms with Gasteiger partial charge >= 0.3 is 0 Å². The molecule has 0 fully saturated rings. The lowest BCUT2D eigenvalue weighted by Gasteiger charge is -2.22. The molecule has 9 rings (SSSR count). The van der Waals surface area contributed by atoms with Crippen molar-refractivity contribution >= 4 is 0 Å². The van der Waals surface area contributed by atoms with Crippen molar-refractivity contribution in [3.63, 3.8) is 0 Å². The number of nitrogens with zero attached hydrogens (tertiary/aromatic N) is 10. The fourth-order valence-electron chi connectivity index (χ4n) is 6.82. The molecule has 302 valence electrons. The van der Waals surface area contributed by atoms with E-state index in [4.69, 9.17) is 44.9 Å². The normalized spacial score (nSPS) is 11.7. The van der Waals surface area contributed by atoms with Crippen LogP contribution in [0.4, 0.5) is 0 Å². The van der Waals surface area contributed by atoms with E-state index in [0.717, 1.165) is 61.7 Å². The van der Waals surface area contributed by atoms with Crippen LogP contribution in [0.15, 0.2) is 158 Å². The SMILES string of the molecule is CC(C)(C)c1nc(-c2ccc(-c3nc(-c4ccccc4)nc(-c4cc(-c5cccnc5)cc(-c5nc(-c6ccccc6)nc(-c6ccccc6)n5)c4)n3)cc2)nc(C(C)(C)C)n1. The Kier molecular flexibility index (Phi) is 10.5. The van der Waals surface area contributed by atoms with Crippen LogP contribution in [0.2, 0.25) is 0 Å². The Morgan fingerprint density at radius 2 is 0.581 bits per heavy atom. The van der Waals surface area contributed by atoms with Crippen molar-refractivity contribution in [1.29, 1.82) is 0 Å². The van der Waals surface area contributed by atoms with Gasteiger partial charge in [0.2, 0.25) is 0 Å². The van der Waals surface area contributed by atoms with Crippen molar-refractivity contribution < 1.29 is 0 Å². The number of aromatic nitrogens is 10. The van der Waals surface area contributed by atoms with Crippen LogP contribution < -0.4 is 0 Å². The Hall–Kier alpha value is -7.72. The predicted molar refractivity (Wildman–Crippen MR) is 245 cm³/mol.